The van der Waals surface area contributed by atoms with Gasteiger partial charge in [0, 0.05) is 0 Å². The molecule has 0 aromatic carbocycles. The van der Waals surface area contributed by atoms with Crippen LogP contribution in [0.15, 0.2) is 23.8 Å². The van der Waals surface area contributed by atoms with Crippen molar-refractivity contribution in [2.75, 3.05) is 0 Å². The summed E-state index contributed by atoms with van der Waals surface area (Å²) in [6.45, 7) is 3.95. The van der Waals surface area contributed by atoms with Crippen LogP contribution in [0.25, 0.3) is 0 Å². The molecule has 0 bridgehead atoms. The number of ketones is 1. The fourth-order valence-corrected chi connectivity index (χ4v) is 1.86. The monoisotopic (exact) mass is 194 g/mol. The van der Waals surface area contributed by atoms with Gasteiger partial charge in [-0.3, -0.25) is 4.79 Å². The fourth-order valence-electron chi connectivity index (χ4n) is 1.86. The molecule has 2 nitrogen and oxygen atoms in total. The molecule has 0 saturated carbocycles. The first kappa shape index (κ1) is 11.2. The maximum absolute atomic E-state index is 11.5. The van der Waals surface area contributed by atoms with Gasteiger partial charge >= 0.3 is 0 Å². The lowest BCUT2D eigenvalue weighted by molar-refractivity contribution is -0.120. The number of hydrogen-bond donors (Lipinski definition) is 1. The van der Waals surface area contributed by atoms with E-state index in [1.165, 1.54) is 0 Å². The highest BCUT2D eigenvalue weighted by Gasteiger charge is 2.29. The van der Waals surface area contributed by atoms with Crippen LogP contribution in [0, 0.1) is 5.92 Å². The van der Waals surface area contributed by atoms with E-state index in [2.05, 4.69) is 0 Å². The molecule has 1 N–H and O–H groups in total. The third kappa shape index (κ3) is 2.55. The van der Waals surface area contributed by atoms with E-state index >= 15 is 0 Å². The van der Waals surface area contributed by atoms with Gasteiger partial charge in [-0.05, 0) is 31.4 Å². The molecule has 14 heavy (non-hydrogen) atoms. The fraction of sp³-hybridized carbons (Fsp3) is 0.583. The van der Waals surface area contributed by atoms with Gasteiger partial charge in [-0.15, -0.1) is 0 Å². The van der Waals surface area contributed by atoms with Crippen LogP contribution in [0.4, 0.5) is 0 Å². The Hall–Kier alpha value is -0.890. The van der Waals surface area contributed by atoms with Gasteiger partial charge in [-0.1, -0.05) is 25.5 Å². The Morgan fingerprint density at radius 3 is 3.00 bits per heavy atom. The molecule has 2 unspecified atom stereocenters. The standard InChI is InChI=1S/C12H18O2/c1-3-5-9-7-10(12(14)8-9)11(13)6-4-2/h3,5,8,10-11,13H,4,6-7H2,1-2H3. The van der Waals surface area contributed by atoms with Gasteiger partial charge in [0.2, 0.25) is 0 Å². The van der Waals surface area contributed by atoms with E-state index in [1.807, 2.05) is 26.0 Å². The number of carbonyl (C=O) groups is 1. The van der Waals surface area contributed by atoms with E-state index in [0.29, 0.717) is 12.8 Å². The predicted molar refractivity (Wildman–Crippen MR) is 56.9 cm³/mol. The molecule has 1 aliphatic rings. The minimum absolute atomic E-state index is 0.0825. The number of allylic oxidation sites excluding steroid dienone is 4. The van der Waals surface area contributed by atoms with Crippen molar-refractivity contribution in [3.05, 3.63) is 23.8 Å². The lowest BCUT2D eigenvalue weighted by atomic mass is 9.94. The Morgan fingerprint density at radius 1 is 1.71 bits per heavy atom. The summed E-state index contributed by atoms with van der Waals surface area (Å²) in [4.78, 5) is 11.5. The van der Waals surface area contributed by atoms with Crippen LogP contribution >= 0.6 is 0 Å². The Bertz CT molecular complexity index is 263. The van der Waals surface area contributed by atoms with E-state index < -0.39 is 6.10 Å². The number of aliphatic hydroxyl groups is 1. The van der Waals surface area contributed by atoms with Crippen molar-refractivity contribution in [2.24, 2.45) is 5.92 Å². The largest absolute Gasteiger partial charge is 0.392 e. The van der Waals surface area contributed by atoms with Crippen molar-refractivity contribution in [3.63, 3.8) is 0 Å². The number of aliphatic hydroxyl groups excluding tert-OH is 1. The molecule has 0 aromatic heterocycles. The zero-order chi connectivity index (χ0) is 10.6. The van der Waals surface area contributed by atoms with E-state index in [0.717, 1.165) is 12.0 Å². The van der Waals surface area contributed by atoms with Crippen LogP contribution in [0.2, 0.25) is 0 Å². The number of carbonyl (C=O) groups excluding carboxylic acids is 1. The van der Waals surface area contributed by atoms with Crippen molar-refractivity contribution >= 4 is 5.78 Å². The molecule has 0 heterocycles. The third-order valence-corrected chi connectivity index (χ3v) is 2.58. The SMILES string of the molecule is CC=CC1=CC(=O)C(C(O)CCC)C1. The highest BCUT2D eigenvalue weighted by Crippen LogP contribution is 2.27. The van der Waals surface area contributed by atoms with Crippen LogP contribution in [0.5, 0.6) is 0 Å². The maximum atomic E-state index is 11.5. The number of hydrogen-bond acceptors (Lipinski definition) is 2. The molecule has 0 aromatic rings. The molecular formula is C12H18O2. The molecule has 0 fully saturated rings. The van der Waals surface area contributed by atoms with Crippen molar-refractivity contribution in [1.82, 2.24) is 0 Å². The summed E-state index contributed by atoms with van der Waals surface area (Å²) in [7, 11) is 0. The normalized spacial score (nSPS) is 24.4. The Kier molecular flexibility index (Phi) is 4.08. The molecule has 1 rings (SSSR count). The molecule has 0 saturated heterocycles. The maximum Gasteiger partial charge on any atom is 0.161 e. The first-order chi connectivity index (χ1) is 6.69. The zero-order valence-corrected chi connectivity index (χ0v) is 8.86. The lowest BCUT2D eigenvalue weighted by Crippen LogP contribution is -2.24. The lowest BCUT2D eigenvalue weighted by Gasteiger charge is -2.15. The van der Waals surface area contributed by atoms with E-state index in [9.17, 15) is 9.90 Å². The van der Waals surface area contributed by atoms with Crippen molar-refractivity contribution < 1.29 is 9.90 Å². The van der Waals surface area contributed by atoms with Gasteiger partial charge in [-0.2, -0.15) is 0 Å². The Morgan fingerprint density at radius 2 is 2.43 bits per heavy atom. The summed E-state index contributed by atoms with van der Waals surface area (Å²) in [6.07, 6.45) is 7.39. The minimum Gasteiger partial charge on any atom is -0.392 e. The van der Waals surface area contributed by atoms with Crippen LogP contribution in [-0.4, -0.2) is 17.0 Å². The highest BCUT2D eigenvalue weighted by atomic mass is 16.3. The minimum atomic E-state index is -0.466. The molecule has 0 radical (unpaired) electrons. The predicted octanol–water partition coefficient (Wildman–Crippen LogP) is 2.24. The summed E-state index contributed by atoms with van der Waals surface area (Å²) in [5.41, 5.74) is 1.04. The second-order valence-electron chi connectivity index (χ2n) is 3.79. The van der Waals surface area contributed by atoms with Gasteiger partial charge in [0.05, 0.1) is 12.0 Å². The summed E-state index contributed by atoms with van der Waals surface area (Å²) < 4.78 is 0. The van der Waals surface area contributed by atoms with Gasteiger partial charge in [0.25, 0.3) is 0 Å². The van der Waals surface area contributed by atoms with Crippen LogP contribution in [0.3, 0.4) is 0 Å². The third-order valence-electron chi connectivity index (χ3n) is 2.58. The first-order valence-electron chi connectivity index (χ1n) is 5.24. The molecule has 0 aliphatic heterocycles. The van der Waals surface area contributed by atoms with Crippen molar-refractivity contribution in [1.29, 1.82) is 0 Å². The first-order valence-corrected chi connectivity index (χ1v) is 5.24. The average Bonchev–Trinajstić information content (AvgIpc) is 2.48. The summed E-state index contributed by atoms with van der Waals surface area (Å²) in [5.74, 6) is -0.111. The number of rotatable bonds is 4. The second kappa shape index (κ2) is 5.11. The molecule has 1 aliphatic carbocycles. The molecule has 0 amide bonds. The molecular weight excluding hydrogens is 176 g/mol. The van der Waals surface area contributed by atoms with Crippen molar-refractivity contribution in [3.8, 4) is 0 Å². The molecule has 2 heteroatoms. The summed E-state index contributed by atoms with van der Waals surface area (Å²) in [6, 6.07) is 0. The summed E-state index contributed by atoms with van der Waals surface area (Å²) in [5, 5.41) is 9.73. The van der Waals surface area contributed by atoms with Crippen molar-refractivity contribution in [2.45, 2.75) is 39.2 Å². The van der Waals surface area contributed by atoms with Gasteiger partial charge in [0.1, 0.15) is 0 Å². The van der Waals surface area contributed by atoms with Gasteiger partial charge < -0.3 is 5.11 Å². The Labute approximate surface area is 85.3 Å². The van der Waals surface area contributed by atoms with E-state index in [-0.39, 0.29) is 11.7 Å². The van der Waals surface area contributed by atoms with Crippen LogP contribution in [0.1, 0.15) is 33.1 Å². The van der Waals surface area contributed by atoms with Gasteiger partial charge in [0.15, 0.2) is 5.78 Å². The zero-order valence-electron chi connectivity index (χ0n) is 8.86. The summed E-state index contributed by atoms with van der Waals surface area (Å²) >= 11 is 0. The second-order valence-corrected chi connectivity index (χ2v) is 3.79. The van der Waals surface area contributed by atoms with E-state index in [4.69, 9.17) is 0 Å². The smallest absolute Gasteiger partial charge is 0.161 e. The highest BCUT2D eigenvalue weighted by molar-refractivity contribution is 5.96. The molecule has 2 atom stereocenters. The van der Waals surface area contributed by atoms with Crippen LogP contribution in [-0.2, 0) is 4.79 Å². The molecule has 78 valence electrons. The van der Waals surface area contributed by atoms with E-state index in [1.54, 1.807) is 6.08 Å². The average molecular weight is 194 g/mol. The quantitative estimate of drug-likeness (QED) is 0.745. The Balaban J connectivity index is 2.58. The van der Waals surface area contributed by atoms with Crippen LogP contribution < -0.4 is 0 Å². The molecule has 0 spiro atoms. The van der Waals surface area contributed by atoms with Gasteiger partial charge in [-0.25, -0.2) is 0 Å². The topological polar surface area (TPSA) is 37.3 Å².